The minimum absolute atomic E-state index is 1.07. The molecule has 4 nitrogen and oxygen atoms in total. The maximum atomic E-state index is 2.33. The van der Waals surface area contributed by atoms with Crippen molar-refractivity contribution in [2.75, 3.05) is 26.6 Å². The second kappa shape index (κ2) is 23.2. The molecule has 0 atom stereocenters. The number of nitrogens with zero attached hydrogens (tertiary/aromatic N) is 4. The zero-order valence-electron chi connectivity index (χ0n) is 44.7. The van der Waals surface area contributed by atoms with Crippen molar-refractivity contribution in [3.8, 4) is 52.9 Å². The highest BCUT2D eigenvalue weighted by Gasteiger charge is 2.19. The van der Waals surface area contributed by atoms with E-state index in [-0.39, 0.29) is 0 Å². The summed E-state index contributed by atoms with van der Waals surface area (Å²) >= 11 is 3.65. The summed E-state index contributed by atoms with van der Waals surface area (Å²) in [5.41, 5.74) is 19.3. The van der Waals surface area contributed by atoms with Gasteiger partial charge >= 0.3 is 0 Å². The van der Waals surface area contributed by atoms with Gasteiger partial charge in [0.1, 0.15) is 0 Å². The van der Waals surface area contributed by atoms with E-state index in [2.05, 4.69) is 348 Å². The van der Waals surface area contributed by atoms with Crippen molar-refractivity contribution >= 4 is 85.2 Å². The van der Waals surface area contributed by atoms with Crippen LogP contribution in [0.2, 0.25) is 0 Å². The summed E-state index contributed by atoms with van der Waals surface area (Å²) < 4.78 is 0. The van der Waals surface area contributed by atoms with Gasteiger partial charge in [-0.15, -0.1) is 22.7 Å². The molecule has 0 N–H and O–H groups in total. The van der Waals surface area contributed by atoms with E-state index in [0.717, 1.165) is 73.7 Å². The van der Waals surface area contributed by atoms with Gasteiger partial charge in [-0.3, -0.25) is 0 Å². The molecule has 0 saturated carbocycles. The van der Waals surface area contributed by atoms with Crippen molar-refractivity contribution in [2.24, 2.45) is 0 Å². The van der Waals surface area contributed by atoms with Gasteiger partial charge in [-0.2, -0.15) is 0 Å². The van der Waals surface area contributed by atoms with E-state index in [9.17, 15) is 0 Å². The summed E-state index contributed by atoms with van der Waals surface area (Å²) in [7, 11) is 2.13. The van der Waals surface area contributed by atoms with Crippen LogP contribution in [0.5, 0.6) is 0 Å². The van der Waals surface area contributed by atoms with Gasteiger partial charge in [0, 0.05) is 89.1 Å². The van der Waals surface area contributed by atoms with E-state index in [0.29, 0.717) is 0 Å². The number of para-hydroxylation sites is 3. The van der Waals surface area contributed by atoms with Crippen molar-refractivity contribution in [2.45, 2.75) is 0 Å². The summed E-state index contributed by atoms with van der Waals surface area (Å²) in [5.74, 6) is 0. The van der Waals surface area contributed by atoms with Crippen molar-refractivity contribution < 1.29 is 0 Å². The van der Waals surface area contributed by atoms with Gasteiger partial charge in [-0.25, -0.2) is 0 Å². The Labute approximate surface area is 483 Å². The molecule has 6 heteroatoms. The molecule has 81 heavy (non-hydrogen) atoms. The zero-order valence-corrected chi connectivity index (χ0v) is 46.3. The fourth-order valence-corrected chi connectivity index (χ4v) is 12.6. The van der Waals surface area contributed by atoms with Gasteiger partial charge in [-0.1, -0.05) is 164 Å². The van der Waals surface area contributed by atoms with E-state index >= 15 is 0 Å². The number of benzene rings is 11. The van der Waals surface area contributed by atoms with Crippen LogP contribution in [0.4, 0.5) is 62.6 Å². The highest BCUT2D eigenvalue weighted by Crippen LogP contribution is 2.43. The number of hydrogen-bond acceptors (Lipinski definition) is 6. The molecule has 0 bridgehead atoms. The van der Waals surface area contributed by atoms with E-state index < -0.39 is 0 Å². The summed E-state index contributed by atoms with van der Waals surface area (Å²) in [5, 5.41) is 0. The number of hydrogen-bond donors (Lipinski definition) is 0. The lowest BCUT2D eigenvalue weighted by Gasteiger charge is -2.28. The first-order chi connectivity index (χ1) is 40.1. The van der Waals surface area contributed by atoms with E-state index in [4.69, 9.17) is 0 Å². The van der Waals surface area contributed by atoms with Crippen LogP contribution in [0, 0.1) is 0 Å². The largest absolute Gasteiger partial charge is 0.345 e. The van der Waals surface area contributed by atoms with Gasteiger partial charge in [0.15, 0.2) is 0 Å². The van der Waals surface area contributed by atoms with Crippen molar-refractivity contribution in [1.82, 2.24) is 0 Å². The maximum Gasteiger partial charge on any atom is 0.0463 e. The summed E-state index contributed by atoms with van der Waals surface area (Å²) in [6.45, 7) is 0. The van der Waals surface area contributed by atoms with E-state index in [1.54, 1.807) is 0 Å². The fraction of sp³-hybridized carbons (Fsp3) is 0.0133. The number of anilines is 11. The van der Waals surface area contributed by atoms with Gasteiger partial charge in [-0.05, 0) is 191 Å². The molecular weight excluding hydrogens is 1020 g/mol. The Morgan fingerprint density at radius 3 is 0.630 bits per heavy atom. The molecule has 0 aliphatic carbocycles. The normalized spacial score (nSPS) is 11.0. The third-order valence-corrected chi connectivity index (χ3v) is 17.1. The Morgan fingerprint density at radius 1 is 0.173 bits per heavy atom. The highest BCUT2D eigenvalue weighted by molar-refractivity contribution is 7.19. The first-order valence-electron chi connectivity index (χ1n) is 27.3. The van der Waals surface area contributed by atoms with Crippen molar-refractivity contribution in [1.29, 1.82) is 0 Å². The van der Waals surface area contributed by atoms with Crippen LogP contribution in [0.15, 0.2) is 322 Å². The third kappa shape index (κ3) is 10.9. The average Bonchev–Trinajstić information content (AvgIpc) is 4.26. The molecule has 388 valence electrons. The van der Waals surface area contributed by atoms with Crippen LogP contribution in [0.1, 0.15) is 0 Å². The van der Waals surface area contributed by atoms with E-state index in [1.165, 1.54) is 41.8 Å². The van der Waals surface area contributed by atoms with Crippen LogP contribution in [0.3, 0.4) is 0 Å². The molecule has 0 unspecified atom stereocenters. The van der Waals surface area contributed by atoms with Gasteiger partial charge in [0.25, 0.3) is 0 Å². The van der Waals surface area contributed by atoms with Gasteiger partial charge < -0.3 is 19.6 Å². The molecule has 0 fully saturated rings. The summed E-state index contributed by atoms with van der Waals surface area (Å²) in [6.07, 6.45) is 0. The maximum absolute atomic E-state index is 2.33. The lowest BCUT2D eigenvalue weighted by molar-refractivity contribution is 1.20. The Hall–Kier alpha value is -9.98. The van der Waals surface area contributed by atoms with Crippen LogP contribution in [-0.4, -0.2) is 7.05 Å². The summed E-state index contributed by atoms with van der Waals surface area (Å²) in [4.78, 5) is 14.3. The molecule has 0 radical (unpaired) electrons. The second-order valence-corrected chi connectivity index (χ2v) is 22.0. The smallest absolute Gasteiger partial charge is 0.0463 e. The SMILES string of the molecule is CN(c1ccc(-c2ccc(N(c3ccccc3)c3ccc(N(c4ccccc4)c4ccc(-c5ccc(-c6ccccc6)s5)cc4)cc3)cc2)cc1)c1ccc(N(c2ccccc2)c2ccc(-c3ccc(-c4ccccc4)s3)cc2)cc1. The third-order valence-electron chi connectivity index (χ3n) is 14.8. The monoisotopic (exact) mass is 1080 g/mol. The summed E-state index contributed by atoms with van der Waals surface area (Å²) in [6, 6.07) is 115. The molecule has 2 heterocycles. The number of thiophene rings is 2. The average molecular weight is 1080 g/mol. The van der Waals surface area contributed by atoms with Crippen molar-refractivity contribution in [3.05, 3.63) is 322 Å². The Morgan fingerprint density at radius 2 is 0.358 bits per heavy atom. The van der Waals surface area contributed by atoms with Gasteiger partial charge in [0.2, 0.25) is 0 Å². The highest BCUT2D eigenvalue weighted by atomic mass is 32.1. The Bertz CT molecular complexity index is 4110. The van der Waals surface area contributed by atoms with Crippen LogP contribution in [0.25, 0.3) is 52.9 Å². The van der Waals surface area contributed by atoms with Crippen LogP contribution >= 0.6 is 22.7 Å². The first kappa shape index (κ1) is 50.5. The van der Waals surface area contributed by atoms with Crippen LogP contribution in [-0.2, 0) is 0 Å². The zero-order chi connectivity index (χ0) is 54.3. The quantitative estimate of drug-likeness (QED) is 0.0956. The molecule has 0 aliphatic heterocycles. The lowest BCUT2D eigenvalue weighted by Crippen LogP contribution is -2.12. The molecule has 0 spiro atoms. The standard InChI is InChI=1S/C75H56N4S2/c1-76(62-43-45-69(46-44-62)78(64-23-13-5-14-24-64)67-39-31-59(32-40-67)74-53-51-72(80-74)57-17-7-2-8-18-57)61-35-27-55(28-36-61)56-29-37-66(38-30-56)77(63-21-11-4-12-22-63)70-47-49-71(50-48-70)79(65-25-15-6-16-26-65)68-41-33-60(34-42-68)75-54-52-73(81-75)58-19-9-3-10-20-58/h2-54H,1H3. The second-order valence-electron chi connectivity index (χ2n) is 19.9. The lowest BCUT2D eigenvalue weighted by atomic mass is 10.0. The molecule has 13 aromatic rings. The molecule has 0 amide bonds. The molecule has 0 saturated heterocycles. The molecule has 11 aromatic carbocycles. The van der Waals surface area contributed by atoms with E-state index in [1.807, 2.05) is 22.7 Å². The molecular formula is C75H56N4S2. The Kier molecular flexibility index (Phi) is 14.4. The van der Waals surface area contributed by atoms with Crippen molar-refractivity contribution in [3.63, 3.8) is 0 Å². The predicted octanol–water partition coefficient (Wildman–Crippen LogP) is 22.3. The Balaban J connectivity index is 0.712. The molecule has 13 rings (SSSR count). The topological polar surface area (TPSA) is 13.0 Å². The molecule has 2 aromatic heterocycles. The predicted molar refractivity (Wildman–Crippen MR) is 348 cm³/mol. The number of rotatable bonds is 16. The molecule has 0 aliphatic rings. The fourth-order valence-electron chi connectivity index (χ4n) is 10.5. The minimum atomic E-state index is 1.07. The van der Waals surface area contributed by atoms with Crippen LogP contribution < -0.4 is 19.6 Å². The minimum Gasteiger partial charge on any atom is -0.345 e. The van der Waals surface area contributed by atoms with Gasteiger partial charge in [0.05, 0.1) is 0 Å². The first-order valence-corrected chi connectivity index (χ1v) is 28.9.